The lowest BCUT2D eigenvalue weighted by molar-refractivity contribution is 0.475. The van der Waals surface area contributed by atoms with Crippen molar-refractivity contribution in [3.63, 3.8) is 0 Å². The predicted octanol–water partition coefficient (Wildman–Crippen LogP) is 5.89. The van der Waals surface area contributed by atoms with E-state index in [-0.39, 0.29) is 0 Å². The van der Waals surface area contributed by atoms with Gasteiger partial charge in [0.25, 0.3) is 0 Å². The Bertz CT molecular complexity index is 538. The molecule has 2 heteroatoms. The number of nitrogens with zero attached hydrogens (tertiary/aromatic N) is 1. The van der Waals surface area contributed by atoms with Crippen molar-refractivity contribution < 1.29 is 5.11 Å². The minimum Gasteiger partial charge on any atom is -0.508 e. The lowest BCUT2D eigenvalue weighted by Crippen LogP contribution is -2.18. The van der Waals surface area contributed by atoms with Crippen LogP contribution in [0.15, 0.2) is 54.6 Å². The lowest BCUT2D eigenvalue weighted by atomic mass is 10.1. The summed E-state index contributed by atoms with van der Waals surface area (Å²) in [6.45, 7) is 3.23. The monoisotopic (exact) mass is 297 g/mol. The Balaban J connectivity index is 2.00. The summed E-state index contributed by atoms with van der Waals surface area (Å²) in [4.78, 5) is 2.29. The van der Waals surface area contributed by atoms with Crippen molar-refractivity contribution in [1.82, 2.24) is 0 Å². The first kappa shape index (κ1) is 16.4. The summed E-state index contributed by atoms with van der Waals surface area (Å²) in [5, 5.41) is 9.75. The Morgan fingerprint density at radius 2 is 1.45 bits per heavy atom. The first-order chi connectivity index (χ1) is 10.8. The number of benzene rings is 2. The Morgan fingerprint density at radius 3 is 2.18 bits per heavy atom. The zero-order chi connectivity index (χ0) is 15.6. The minimum absolute atomic E-state index is 0.321. The third kappa shape index (κ3) is 5.10. The molecule has 22 heavy (non-hydrogen) atoms. The Kier molecular flexibility index (Phi) is 6.82. The third-order valence-corrected chi connectivity index (χ3v) is 3.94. The fraction of sp³-hybridized carbons (Fsp3) is 0.400. The van der Waals surface area contributed by atoms with Crippen molar-refractivity contribution in [2.24, 2.45) is 0 Å². The fourth-order valence-corrected chi connectivity index (χ4v) is 2.73. The number of phenols is 1. The predicted molar refractivity (Wildman–Crippen MR) is 94.9 cm³/mol. The van der Waals surface area contributed by atoms with Gasteiger partial charge in [-0.3, -0.25) is 0 Å². The molecule has 0 unspecified atom stereocenters. The maximum absolute atomic E-state index is 9.75. The van der Waals surface area contributed by atoms with Gasteiger partial charge in [0.1, 0.15) is 5.75 Å². The highest BCUT2D eigenvalue weighted by Gasteiger charge is 2.09. The van der Waals surface area contributed by atoms with Gasteiger partial charge >= 0.3 is 0 Å². The molecule has 0 saturated heterocycles. The van der Waals surface area contributed by atoms with E-state index in [1.165, 1.54) is 44.2 Å². The molecule has 0 fully saturated rings. The maximum atomic E-state index is 9.75. The molecular formula is C20H27NO. The van der Waals surface area contributed by atoms with Crippen LogP contribution in [0.3, 0.4) is 0 Å². The summed E-state index contributed by atoms with van der Waals surface area (Å²) in [7, 11) is 0. The van der Waals surface area contributed by atoms with Crippen LogP contribution in [0.2, 0.25) is 0 Å². The van der Waals surface area contributed by atoms with E-state index >= 15 is 0 Å². The van der Waals surface area contributed by atoms with Gasteiger partial charge in [0.05, 0.1) is 0 Å². The molecule has 2 aromatic rings. The molecule has 0 atom stereocenters. The van der Waals surface area contributed by atoms with Crippen LogP contribution < -0.4 is 4.90 Å². The minimum atomic E-state index is 0.321. The number of para-hydroxylation sites is 1. The highest BCUT2D eigenvalue weighted by Crippen LogP contribution is 2.28. The van der Waals surface area contributed by atoms with E-state index in [1.54, 1.807) is 6.07 Å². The van der Waals surface area contributed by atoms with E-state index in [0.717, 1.165) is 12.2 Å². The normalized spacial score (nSPS) is 10.6. The second kappa shape index (κ2) is 9.14. The van der Waals surface area contributed by atoms with Crippen LogP contribution in [0.5, 0.6) is 5.75 Å². The molecule has 2 nitrogen and oxygen atoms in total. The molecule has 1 N–H and O–H groups in total. The topological polar surface area (TPSA) is 23.5 Å². The van der Waals surface area contributed by atoms with Gasteiger partial charge < -0.3 is 10.0 Å². The molecule has 0 aliphatic rings. The number of phenolic OH excluding ortho intramolecular Hbond substituents is 1. The molecule has 0 aromatic heterocycles. The van der Waals surface area contributed by atoms with Gasteiger partial charge in [-0.25, -0.2) is 0 Å². The van der Waals surface area contributed by atoms with Crippen LogP contribution in [0, 0.1) is 0 Å². The molecule has 0 amide bonds. The number of anilines is 2. The second-order valence-electron chi connectivity index (χ2n) is 5.77. The zero-order valence-corrected chi connectivity index (χ0v) is 13.5. The maximum Gasteiger partial charge on any atom is 0.117 e. The van der Waals surface area contributed by atoms with Crippen LogP contribution in [0.1, 0.15) is 45.4 Å². The number of hydrogen-bond donors (Lipinski definition) is 1. The van der Waals surface area contributed by atoms with Gasteiger partial charge in [0, 0.05) is 24.0 Å². The van der Waals surface area contributed by atoms with E-state index < -0.39 is 0 Å². The average Bonchev–Trinajstić information content (AvgIpc) is 2.55. The molecule has 0 radical (unpaired) electrons. The van der Waals surface area contributed by atoms with Gasteiger partial charge in [0.2, 0.25) is 0 Å². The largest absolute Gasteiger partial charge is 0.508 e. The van der Waals surface area contributed by atoms with Crippen LogP contribution in [0.25, 0.3) is 0 Å². The van der Waals surface area contributed by atoms with Gasteiger partial charge in [-0.05, 0) is 30.7 Å². The summed E-state index contributed by atoms with van der Waals surface area (Å²) < 4.78 is 0. The van der Waals surface area contributed by atoms with Crippen LogP contribution >= 0.6 is 0 Å². The fourth-order valence-electron chi connectivity index (χ4n) is 2.73. The lowest BCUT2D eigenvalue weighted by Gasteiger charge is -2.25. The Labute approximate surface area is 134 Å². The highest BCUT2D eigenvalue weighted by atomic mass is 16.3. The van der Waals surface area contributed by atoms with Crippen molar-refractivity contribution in [2.45, 2.75) is 45.4 Å². The van der Waals surface area contributed by atoms with E-state index in [0.29, 0.717) is 5.75 Å². The van der Waals surface area contributed by atoms with Gasteiger partial charge in [-0.2, -0.15) is 0 Å². The molecule has 2 aromatic carbocycles. The molecule has 118 valence electrons. The zero-order valence-electron chi connectivity index (χ0n) is 13.5. The Morgan fingerprint density at radius 1 is 0.773 bits per heavy atom. The van der Waals surface area contributed by atoms with Crippen LogP contribution in [0.4, 0.5) is 11.4 Å². The van der Waals surface area contributed by atoms with E-state index in [9.17, 15) is 5.11 Å². The van der Waals surface area contributed by atoms with E-state index in [4.69, 9.17) is 0 Å². The summed E-state index contributed by atoms with van der Waals surface area (Å²) in [6.07, 6.45) is 7.73. The first-order valence-electron chi connectivity index (χ1n) is 8.43. The number of rotatable bonds is 9. The second-order valence-corrected chi connectivity index (χ2v) is 5.77. The SMILES string of the molecule is CCCCCCCCN(c1ccccc1)c1cccc(O)c1. The molecule has 0 aliphatic carbocycles. The van der Waals surface area contributed by atoms with E-state index in [1.807, 2.05) is 18.2 Å². The van der Waals surface area contributed by atoms with Gasteiger partial charge in [-0.15, -0.1) is 0 Å². The van der Waals surface area contributed by atoms with Crippen molar-refractivity contribution in [3.05, 3.63) is 54.6 Å². The standard InChI is InChI=1S/C20H27NO/c1-2-3-4-5-6-10-16-21(18-12-8-7-9-13-18)19-14-11-15-20(22)17-19/h7-9,11-15,17,22H,2-6,10,16H2,1H3. The molecule has 0 spiro atoms. The third-order valence-electron chi connectivity index (χ3n) is 3.94. The quantitative estimate of drug-likeness (QED) is 0.583. The van der Waals surface area contributed by atoms with Crippen molar-refractivity contribution in [3.8, 4) is 5.75 Å². The summed E-state index contributed by atoms with van der Waals surface area (Å²) in [6, 6.07) is 17.9. The van der Waals surface area contributed by atoms with Crippen LogP contribution in [-0.4, -0.2) is 11.7 Å². The van der Waals surface area contributed by atoms with Gasteiger partial charge in [0.15, 0.2) is 0 Å². The van der Waals surface area contributed by atoms with Crippen molar-refractivity contribution >= 4 is 11.4 Å². The number of unbranched alkanes of at least 4 members (excludes halogenated alkanes) is 5. The molecule has 0 aliphatic heterocycles. The summed E-state index contributed by atoms with van der Waals surface area (Å²) in [5.41, 5.74) is 2.24. The van der Waals surface area contributed by atoms with Crippen molar-refractivity contribution in [1.29, 1.82) is 0 Å². The molecule has 2 rings (SSSR count). The smallest absolute Gasteiger partial charge is 0.117 e. The first-order valence-corrected chi connectivity index (χ1v) is 8.43. The van der Waals surface area contributed by atoms with E-state index in [2.05, 4.69) is 42.2 Å². The molecule has 0 heterocycles. The number of hydrogen-bond acceptors (Lipinski definition) is 2. The van der Waals surface area contributed by atoms with Crippen molar-refractivity contribution in [2.75, 3.05) is 11.4 Å². The molecule has 0 saturated carbocycles. The summed E-state index contributed by atoms with van der Waals surface area (Å²) in [5.74, 6) is 0.321. The summed E-state index contributed by atoms with van der Waals surface area (Å²) >= 11 is 0. The Hall–Kier alpha value is -1.96. The number of aromatic hydroxyl groups is 1. The van der Waals surface area contributed by atoms with Gasteiger partial charge in [-0.1, -0.05) is 63.3 Å². The molecule has 0 bridgehead atoms. The molecular weight excluding hydrogens is 270 g/mol. The average molecular weight is 297 g/mol. The highest BCUT2D eigenvalue weighted by molar-refractivity contribution is 5.64. The van der Waals surface area contributed by atoms with Crippen LogP contribution in [-0.2, 0) is 0 Å².